The number of carbonyl (C=O) groups is 3. The van der Waals surface area contributed by atoms with E-state index in [4.69, 9.17) is 10.7 Å². The normalized spacial score (nSPS) is 15.2. The third kappa shape index (κ3) is 4.40. The lowest BCUT2D eigenvalue weighted by Gasteiger charge is -2.23. The third-order valence-electron chi connectivity index (χ3n) is 6.21. The van der Waals surface area contributed by atoms with E-state index in [1.807, 2.05) is 4.40 Å². The van der Waals surface area contributed by atoms with Crippen LogP contribution in [0.5, 0.6) is 0 Å². The van der Waals surface area contributed by atoms with Crippen LogP contribution >= 0.6 is 0 Å². The molecule has 5 rings (SSSR count). The van der Waals surface area contributed by atoms with E-state index >= 15 is 0 Å². The molecule has 182 valence electrons. The molecule has 4 aromatic rings. The van der Waals surface area contributed by atoms with Crippen LogP contribution in [0.3, 0.4) is 0 Å². The molecular formula is C26H25N7O3. The summed E-state index contributed by atoms with van der Waals surface area (Å²) in [6.45, 7) is 1.99. The fraction of sp³-hybridized carbons (Fsp3) is 0.231. The van der Waals surface area contributed by atoms with E-state index in [0.717, 1.165) is 18.4 Å². The first kappa shape index (κ1) is 23.2. The predicted molar refractivity (Wildman–Crippen MR) is 134 cm³/mol. The molecule has 3 aromatic heterocycles. The SMILES string of the molecule is CC(=O)CC(=O)N1CCC[C@@H]1c1nc(-c2ccc(C(=O)Nc3ccccn3)cc2)c2c(N)nccn12. The van der Waals surface area contributed by atoms with E-state index < -0.39 is 0 Å². The monoisotopic (exact) mass is 483 g/mol. The first-order valence-electron chi connectivity index (χ1n) is 11.7. The molecule has 1 aromatic carbocycles. The lowest BCUT2D eigenvalue weighted by Crippen LogP contribution is -2.32. The zero-order chi connectivity index (χ0) is 25.2. The highest BCUT2D eigenvalue weighted by molar-refractivity contribution is 6.04. The second kappa shape index (κ2) is 9.57. The van der Waals surface area contributed by atoms with Crippen molar-refractivity contribution >= 4 is 34.8 Å². The van der Waals surface area contributed by atoms with Crippen LogP contribution in [0.1, 0.15) is 48.4 Å². The number of benzene rings is 1. The number of hydrogen-bond donors (Lipinski definition) is 2. The molecule has 36 heavy (non-hydrogen) atoms. The zero-order valence-corrected chi connectivity index (χ0v) is 19.7. The number of ketones is 1. The Bertz CT molecular complexity index is 1450. The van der Waals surface area contributed by atoms with Gasteiger partial charge in [-0.25, -0.2) is 15.0 Å². The van der Waals surface area contributed by atoms with Crippen molar-refractivity contribution < 1.29 is 14.4 Å². The number of anilines is 2. The van der Waals surface area contributed by atoms with E-state index in [0.29, 0.717) is 40.8 Å². The van der Waals surface area contributed by atoms with Gasteiger partial charge in [-0.15, -0.1) is 0 Å². The Kier molecular flexibility index (Phi) is 6.16. The molecule has 1 aliphatic heterocycles. The van der Waals surface area contributed by atoms with Gasteiger partial charge in [0.15, 0.2) is 0 Å². The standard InChI is InChI=1S/C26H25N7O3/c1-16(34)15-21(35)32-13-4-5-19(32)25-31-22(23-24(27)29-12-14-33(23)25)17-7-9-18(10-8-17)26(36)30-20-6-2-3-11-28-20/h2-3,6-12,14,19H,4-5,13,15H2,1H3,(H2,27,29)(H,28,30,36)/t19-/m1/s1. The second-order valence-electron chi connectivity index (χ2n) is 8.72. The predicted octanol–water partition coefficient (Wildman–Crippen LogP) is 3.27. The maximum Gasteiger partial charge on any atom is 0.256 e. The number of amides is 2. The third-order valence-corrected chi connectivity index (χ3v) is 6.21. The minimum Gasteiger partial charge on any atom is -0.382 e. The van der Waals surface area contributed by atoms with E-state index in [1.165, 1.54) is 6.92 Å². The molecule has 1 aliphatic rings. The van der Waals surface area contributed by atoms with Crippen molar-refractivity contribution in [1.29, 1.82) is 0 Å². The number of aromatic nitrogens is 4. The van der Waals surface area contributed by atoms with Gasteiger partial charge < -0.3 is 16.0 Å². The summed E-state index contributed by atoms with van der Waals surface area (Å²) in [6, 6.07) is 12.0. The van der Waals surface area contributed by atoms with Crippen molar-refractivity contribution in [2.45, 2.75) is 32.2 Å². The van der Waals surface area contributed by atoms with Crippen molar-refractivity contribution in [2.24, 2.45) is 0 Å². The molecule has 0 radical (unpaired) electrons. The molecule has 0 bridgehead atoms. The van der Waals surface area contributed by atoms with Crippen LogP contribution in [-0.4, -0.2) is 48.4 Å². The molecule has 10 heteroatoms. The summed E-state index contributed by atoms with van der Waals surface area (Å²) in [5.41, 5.74) is 8.73. The topological polar surface area (TPSA) is 136 Å². The molecule has 10 nitrogen and oxygen atoms in total. The summed E-state index contributed by atoms with van der Waals surface area (Å²) in [6.07, 6.45) is 6.41. The summed E-state index contributed by atoms with van der Waals surface area (Å²) >= 11 is 0. The summed E-state index contributed by atoms with van der Waals surface area (Å²) in [5, 5.41) is 2.77. The molecular weight excluding hydrogens is 458 g/mol. The molecule has 2 amide bonds. The van der Waals surface area contributed by atoms with Gasteiger partial charge in [0, 0.05) is 36.3 Å². The molecule has 0 aliphatic carbocycles. The molecule has 1 saturated heterocycles. The average Bonchev–Trinajstić information content (AvgIpc) is 3.50. The highest BCUT2D eigenvalue weighted by atomic mass is 16.2. The number of Topliss-reactive ketones (excluding diaryl/α,β-unsaturated/α-hetero) is 1. The van der Waals surface area contributed by atoms with Gasteiger partial charge in [-0.2, -0.15) is 0 Å². The minimum atomic E-state index is -0.276. The van der Waals surface area contributed by atoms with Crippen LogP contribution < -0.4 is 11.1 Å². The lowest BCUT2D eigenvalue weighted by atomic mass is 10.1. The van der Waals surface area contributed by atoms with Crippen molar-refractivity contribution in [2.75, 3.05) is 17.6 Å². The van der Waals surface area contributed by atoms with Gasteiger partial charge in [0.2, 0.25) is 5.91 Å². The van der Waals surface area contributed by atoms with Crippen LogP contribution in [0, 0.1) is 0 Å². The fourth-order valence-corrected chi connectivity index (χ4v) is 4.58. The Labute approximate surface area is 207 Å². The van der Waals surface area contributed by atoms with Gasteiger partial charge in [0.05, 0.1) is 12.5 Å². The van der Waals surface area contributed by atoms with Crippen LogP contribution in [0.25, 0.3) is 16.8 Å². The highest BCUT2D eigenvalue weighted by Gasteiger charge is 2.34. The fourth-order valence-electron chi connectivity index (χ4n) is 4.58. The maximum absolute atomic E-state index is 12.7. The van der Waals surface area contributed by atoms with Gasteiger partial charge in [0.25, 0.3) is 5.91 Å². The van der Waals surface area contributed by atoms with Gasteiger partial charge in [-0.3, -0.25) is 18.8 Å². The number of fused-ring (bicyclic) bond motifs is 1. The number of hydrogen-bond acceptors (Lipinski definition) is 7. The average molecular weight is 484 g/mol. The number of likely N-dealkylation sites (tertiary alicyclic amines) is 1. The van der Waals surface area contributed by atoms with Crippen LogP contribution in [0.4, 0.5) is 11.6 Å². The van der Waals surface area contributed by atoms with Crippen molar-refractivity contribution in [3.63, 3.8) is 0 Å². The number of imidazole rings is 1. The van der Waals surface area contributed by atoms with Crippen LogP contribution in [0.15, 0.2) is 61.1 Å². The molecule has 0 unspecified atom stereocenters. The number of pyridine rings is 1. The largest absolute Gasteiger partial charge is 0.382 e. The van der Waals surface area contributed by atoms with Crippen LogP contribution in [-0.2, 0) is 9.59 Å². The van der Waals surface area contributed by atoms with E-state index in [-0.39, 0.29) is 30.1 Å². The Balaban J connectivity index is 1.49. The zero-order valence-electron chi connectivity index (χ0n) is 19.7. The number of nitrogens with two attached hydrogens (primary N) is 1. The van der Waals surface area contributed by atoms with Gasteiger partial charge in [-0.05, 0) is 44.0 Å². The smallest absolute Gasteiger partial charge is 0.256 e. The van der Waals surface area contributed by atoms with E-state index in [1.54, 1.807) is 66.0 Å². The number of nitrogens with zero attached hydrogens (tertiary/aromatic N) is 5. The van der Waals surface area contributed by atoms with Crippen molar-refractivity contribution in [3.8, 4) is 11.3 Å². The van der Waals surface area contributed by atoms with Crippen molar-refractivity contribution in [1.82, 2.24) is 24.3 Å². The summed E-state index contributed by atoms with van der Waals surface area (Å²) < 4.78 is 1.86. The van der Waals surface area contributed by atoms with Gasteiger partial charge in [0.1, 0.15) is 34.5 Å². The second-order valence-corrected chi connectivity index (χ2v) is 8.72. The van der Waals surface area contributed by atoms with Gasteiger partial charge in [-0.1, -0.05) is 18.2 Å². The maximum atomic E-state index is 12.7. The van der Waals surface area contributed by atoms with Crippen molar-refractivity contribution in [3.05, 3.63) is 72.4 Å². The molecule has 1 atom stereocenters. The first-order valence-corrected chi connectivity index (χ1v) is 11.7. The Morgan fingerprint density at radius 3 is 2.61 bits per heavy atom. The van der Waals surface area contributed by atoms with Crippen LogP contribution in [0.2, 0.25) is 0 Å². The summed E-state index contributed by atoms with van der Waals surface area (Å²) in [5.74, 6) is 0.801. The number of carbonyl (C=O) groups excluding carboxylic acids is 3. The Morgan fingerprint density at radius 1 is 1.08 bits per heavy atom. The summed E-state index contributed by atoms with van der Waals surface area (Å²) in [7, 11) is 0. The highest BCUT2D eigenvalue weighted by Crippen LogP contribution is 2.36. The van der Waals surface area contributed by atoms with Gasteiger partial charge >= 0.3 is 0 Å². The molecule has 0 saturated carbocycles. The lowest BCUT2D eigenvalue weighted by molar-refractivity contribution is -0.135. The van der Waals surface area contributed by atoms with E-state index in [9.17, 15) is 14.4 Å². The molecule has 0 spiro atoms. The summed E-state index contributed by atoms with van der Waals surface area (Å²) in [4.78, 5) is 51.9. The van der Waals surface area contributed by atoms with E-state index in [2.05, 4.69) is 15.3 Å². The molecule has 3 N–H and O–H groups in total. The number of nitrogens with one attached hydrogen (secondary N) is 1. The Hall–Kier alpha value is -4.60. The number of rotatable bonds is 6. The first-order chi connectivity index (χ1) is 17.4. The number of nitrogen functional groups attached to an aromatic ring is 1. The minimum absolute atomic E-state index is 0.127. The Morgan fingerprint density at radius 2 is 1.89 bits per heavy atom. The molecule has 4 heterocycles. The quantitative estimate of drug-likeness (QED) is 0.402. The molecule has 1 fully saturated rings.